The van der Waals surface area contributed by atoms with E-state index in [2.05, 4.69) is 0 Å². The van der Waals surface area contributed by atoms with Gasteiger partial charge in [-0.15, -0.1) is 0 Å². The molecule has 0 saturated carbocycles. The summed E-state index contributed by atoms with van der Waals surface area (Å²) in [6.45, 7) is 0.498. The molecular weight excluding hydrogens is 270 g/mol. The Kier molecular flexibility index (Phi) is 2.45. The van der Waals surface area contributed by atoms with Crippen molar-refractivity contribution in [3.63, 3.8) is 0 Å². The lowest BCUT2D eigenvalue weighted by Gasteiger charge is -2.30. The van der Waals surface area contributed by atoms with Crippen molar-refractivity contribution in [2.24, 2.45) is 0 Å². The van der Waals surface area contributed by atoms with Gasteiger partial charge >= 0.3 is 11.9 Å². The van der Waals surface area contributed by atoms with Gasteiger partial charge in [0.15, 0.2) is 0 Å². The first-order chi connectivity index (χ1) is 10.2. The first kappa shape index (κ1) is 12.2. The first-order valence-corrected chi connectivity index (χ1v) is 6.77. The van der Waals surface area contributed by atoms with Crippen molar-refractivity contribution in [3.05, 3.63) is 58.4 Å². The van der Waals surface area contributed by atoms with Crippen LogP contribution < -0.4 is 0 Å². The van der Waals surface area contributed by atoms with Crippen molar-refractivity contribution in [1.82, 2.24) is 4.90 Å². The number of cyclic esters (lactones) is 2. The third-order valence-electron chi connectivity index (χ3n) is 4.26. The molecule has 0 radical (unpaired) electrons. The van der Waals surface area contributed by atoms with E-state index in [4.69, 9.17) is 9.47 Å². The van der Waals surface area contributed by atoms with E-state index in [-0.39, 0.29) is 25.2 Å². The second-order valence-electron chi connectivity index (χ2n) is 5.28. The molecule has 3 aliphatic rings. The number of nitrogens with zero attached hydrogens (tertiary/aromatic N) is 1. The number of hydrogen-bond donors (Lipinski definition) is 0. The predicted molar refractivity (Wildman–Crippen MR) is 72.9 cm³/mol. The molecular formula is C16H13NO4. The monoisotopic (exact) mass is 283 g/mol. The minimum absolute atomic E-state index is 0.249. The lowest BCUT2D eigenvalue weighted by molar-refractivity contribution is -0.136. The summed E-state index contributed by atoms with van der Waals surface area (Å²) >= 11 is 0. The van der Waals surface area contributed by atoms with Crippen molar-refractivity contribution in [2.45, 2.75) is 5.92 Å². The zero-order chi connectivity index (χ0) is 14.6. The quantitative estimate of drug-likeness (QED) is 0.728. The van der Waals surface area contributed by atoms with E-state index in [1.54, 1.807) is 0 Å². The van der Waals surface area contributed by atoms with Crippen LogP contribution in [0.1, 0.15) is 11.5 Å². The Hall–Kier alpha value is -2.56. The van der Waals surface area contributed by atoms with Crippen LogP contribution in [0, 0.1) is 0 Å². The molecule has 21 heavy (non-hydrogen) atoms. The van der Waals surface area contributed by atoms with E-state index in [1.807, 2.05) is 42.3 Å². The van der Waals surface area contributed by atoms with Crippen molar-refractivity contribution in [3.8, 4) is 0 Å². The number of likely N-dealkylation sites (N-methyl/N-ethyl adjacent to an activating group) is 1. The number of carbonyl (C=O) groups excluding carboxylic acids is 2. The minimum atomic E-state index is -0.391. The fourth-order valence-corrected chi connectivity index (χ4v) is 3.22. The first-order valence-electron chi connectivity index (χ1n) is 6.77. The number of esters is 2. The number of rotatable bonds is 1. The normalized spacial score (nSPS) is 21.5. The Labute approximate surface area is 121 Å². The number of carbonyl (C=O) groups is 2. The van der Waals surface area contributed by atoms with E-state index in [1.165, 1.54) is 0 Å². The SMILES string of the molecule is CN1C2=C(C(=O)OC2)C(c2ccccc2)C2=C1COC2=O. The maximum absolute atomic E-state index is 12.2. The number of hydrogen-bond acceptors (Lipinski definition) is 5. The van der Waals surface area contributed by atoms with Crippen LogP contribution in [-0.2, 0) is 19.1 Å². The van der Waals surface area contributed by atoms with Crippen LogP contribution >= 0.6 is 0 Å². The van der Waals surface area contributed by atoms with Gasteiger partial charge < -0.3 is 14.4 Å². The summed E-state index contributed by atoms with van der Waals surface area (Å²) in [7, 11) is 1.84. The molecule has 4 rings (SSSR count). The Morgan fingerprint density at radius 1 is 0.952 bits per heavy atom. The van der Waals surface area contributed by atoms with Crippen LogP contribution in [0.15, 0.2) is 52.9 Å². The lowest BCUT2D eigenvalue weighted by atomic mass is 9.81. The second-order valence-corrected chi connectivity index (χ2v) is 5.28. The summed E-state index contributed by atoms with van der Waals surface area (Å²) in [5, 5.41) is 0. The highest BCUT2D eigenvalue weighted by Gasteiger charge is 2.47. The molecule has 0 amide bonds. The van der Waals surface area contributed by atoms with Crippen molar-refractivity contribution < 1.29 is 19.1 Å². The lowest BCUT2D eigenvalue weighted by Crippen LogP contribution is -2.29. The molecule has 106 valence electrons. The highest BCUT2D eigenvalue weighted by Crippen LogP contribution is 2.46. The maximum atomic E-state index is 12.2. The number of benzene rings is 1. The molecule has 1 aromatic carbocycles. The summed E-state index contributed by atoms with van der Waals surface area (Å²) in [5.74, 6) is -1.09. The summed E-state index contributed by atoms with van der Waals surface area (Å²) in [6, 6.07) is 9.54. The number of ether oxygens (including phenoxy) is 2. The summed E-state index contributed by atoms with van der Waals surface area (Å²) in [4.78, 5) is 26.2. The van der Waals surface area contributed by atoms with Gasteiger partial charge in [-0.3, -0.25) is 0 Å². The largest absolute Gasteiger partial charge is 0.456 e. The molecule has 0 spiro atoms. The van der Waals surface area contributed by atoms with Crippen LogP contribution in [0.2, 0.25) is 0 Å². The topological polar surface area (TPSA) is 55.8 Å². The van der Waals surface area contributed by atoms with Crippen molar-refractivity contribution in [2.75, 3.05) is 20.3 Å². The van der Waals surface area contributed by atoms with Crippen LogP contribution in [-0.4, -0.2) is 37.1 Å². The van der Waals surface area contributed by atoms with Gasteiger partial charge in [-0.05, 0) is 5.56 Å². The van der Waals surface area contributed by atoms with E-state index < -0.39 is 5.92 Å². The Bertz CT molecular complexity index is 675. The van der Waals surface area contributed by atoms with Gasteiger partial charge in [0.2, 0.25) is 0 Å². The third kappa shape index (κ3) is 1.57. The highest BCUT2D eigenvalue weighted by atomic mass is 16.5. The molecule has 5 heteroatoms. The molecule has 0 fully saturated rings. The van der Waals surface area contributed by atoms with Crippen molar-refractivity contribution in [1.29, 1.82) is 0 Å². The fourth-order valence-electron chi connectivity index (χ4n) is 3.22. The van der Waals surface area contributed by atoms with Gasteiger partial charge in [0.25, 0.3) is 0 Å². The summed E-state index contributed by atoms with van der Waals surface area (Å²) in [5.41, 5.74) is 3.67. The van der Waals surface area contributed by atoms with Gasteiger partial charge in [-0.2, -0.15) is 0 Å². The van der Waals surface area contributed by atoms with Crippen LogP contribution in [0.5, 0.6) is 0 Å². The molecule has 0 bridgehead atoms. The molecule has 0 aromatic heterocycles. The van der Waals surface area contributed by atoms with Crippen molar-refractivity contribution >= 4 is 11.9 Å². The molecule has 3 aliphatic heterocycles. The Morgan fingerprint density at radius 3 is 2.00 bits per heavy atom. The second kappa shape index (κ2) is 4.22. The molecule has 0 saturated heterocycles. The van der Waals surface area contributed by atoms with Gasteiger partial charge in [0.1, 0.15) is 13.2 Å². The minimum Gasteiger partial charge on any atom is -0.456 e. The predicted octanol–water partition coefficient (Wildman–Crippen LogP) is 1.34. The van der Waals surface area contributed by atoms with Crippen LogP contribution in [0.4, 0.5) is 0 Å². The zero-order valence-corrected chi connectivity index (χ0v) is 11.5. The summed E-state index contributed by atoms with van der Waals surface area (Å²) < 4.78 is 10.4. The molecule has 0 unspecified atom stereocenters. The van der Waals surface area contributed by atoms with E-state index in [9.17, 15) is 9.59 Å². The van der Waals surface area contributed by atoms with Crippen LogP contribution in [0.25, 0.3) is 0 Å². The summed E-state index contributed by atoms with van der Waals surface area (Å²) in [6.07, 6.45) is 0. The van der Waals surface area contributed by atoms with Crippen LogP contribution in [0.3, 0.4) is 0 Å². The van der Waals surface area contributed by atoms with E-state index in [0.717, 1.165) is 17.0 Å². The molecule has 0 N–H and O–H groups in total. The Morgan fingerprint density at radius 2 is 1.48 bits per heavy atom. The van der Waals surface area contributed by atoms with Gasteiger partial charge in [0, 0.05) is 7.05 Å². The maximum Gasteiger partial charge on any atom is 0.337 e. The third-order valence-corrected chi connectivity index (χ3v) is 4.26. The average Bonchev–Trinajstić information content (AvgIpc) is 3.06. The molecule has 5 nitrogen and oxygen atoms in total. The van der Waals surface area contributed by atoms with E-state index in [0.29, 0.717) is 11.1 Å². The van der Waals surface area contributed by atoms with Gasteiger partial charge in [-0.1, -0.05) is 30.3 Å². The smallest absolute Gasteiger partial charge is 0.337 e. The highest BCUT2D eigenvalue weighted by molar-refractivity contribution is 6.02. The standard InChI is InChI=1S/C16H13NO4/c1-17-10-7-20-15(18)13(10)12(9-5-3-2-4-6-9)14-11(17)8-21-16(14)19/h2-6,12H,7-8H2,1H3. The molecule has 3 heterocycles. The van der Waals surface area contributed by atoms with Gasteiger partial charge in [0.05, 0.1) is 28.5 Å². The zero-order valence-electron chi connectivity index (χ0n) is 11.5. The fraction of sp³-hybridized carbons (Fsp3) is 0.250. The van der Waals surface area contributed by atoms with Gasteiger partial charge in [-0.25, -0.2) is 9.59 Å². The molecule has 0 atom stereocenters. The van der Waals surface area contributed by atoms with E-state index >= 15 is 0 Å². The molecule has 0 aliphatic carbocycles. The Balaban J connectivity index is 1.95. The average molecular weight is 283 g/mol. The molecule has 1 aromatic rings.